The number of piperazine rings is 1. The number of benzene rings is 2. The molecule has 0 saturated carbocycles. The van der Waals surface area contributed by atoms with E-state index in [-0.39, 0.29) is 31.4 Å². The molecule has 1 aliphatic rings. The zero-order valence-corrected chi connectivity index (χ0v) is 17.6. The number of anilines is 2. The molecule has 2 N–H and O–H groups in total. The van der Waals surface area contributed by atoms with Gasteiger partial charge in [0.1, 0.15) is 6.54 Å². The molecule has 2 heterocycles. The van der Waals surface area contributed by atoms with Crippen LogP contribution in [-0.2, 0) is 4.79 Å². The number of hydrogen-bond acceptors (Lipinski definition) is 4. The van der Waals surface area contributed by atoms with Crippen molar-refractivity contribution in [2.24, 2.45) is 0 Å². The van der Waals surface area contributed by atoms with Crippen LogP contribution in [0.5, 0.6) is 0 Å². The van der Waals surface area contributed by atoms with Gasteiger partial charge in [-0.05, 0) is 54.6 Å². The van der Waals surface area contributed by atoms with Gasteiger partial charge in [-0.25, -0.2) is 4.79 Å². The van der Waals surface area contributed by atoms with Crippen LogP contribution < -0.4 is 10.2 Å². The van der Waals surface area contributed by atoms with Gasteiger partial charge in [0.05, 0.1) is 10.7 Å². The lowest BCUT2D eigenvalue weighted by Crippen LogP contribution is -2.52. The summed E-state index contributed by atoms with van der Waals surface area (Å²) in [6, 6.07) is 17.3. The molecular formula is C23H19ClN4O4. The van der Waals surface area contributed by atoms with Crippen molar-refractivity contribution in [3.8, 4) is 11.3 Å². The third-order valence-electron chi connectivity index (χ3n) is 5.10. The number of carbonyl (C=O) groups is 3. The van der Waals surface area contributed by atoms with E-state index in [4.69, 9.17) is 16.7 Å². The van der Waals surface area contributed by atoms with E-state index >= 15 is 0 Å². The van der Waals surface area contributed by atoms with Crippen molar-refractivity contribution in [3.63, 3.8) is 0 Å². The number of nitrogens with zero attached hydrogens (tertiary/aromatic N) is 3. The zero-order chi connectivity index (χ0) is 22.7. The Kier molecular flexibility index (Phi) is 6.04. The molecule has 9 heteroatoms. The minimum atomic E-state index is -1.11. The van der Waals surface area contributed by atoms with Gasteiger partial charge in [0.25, 0.3) is 5.91 Å². The van der Waals surface area contributed by atoms with Crippen molar-refractivity contribution in [1.29, 1.82) is 0 Å². The highest BCUT2D eigenvalue weighted by Gasteiger charge is 2.27. The monoisotopic (exact) mass is 450 g/mol. The Morgan fingerprint density at radius 1 is 1.03 bits per heavy atom. The highest BCUT2D eigenvalue weighted by atomic mass is 35.5. The average Bonchev–Trinajstić information content (AvgIpc) is 2.81. The Bertz CT molecular complexity index is 1170. The molecule has 8 nitrogen and oxygen atoms in total. The molecule has 0 unspecified atom stereocenters. The van der Waals surface area contributed by atoms with Gasteiger partial charge < -0.3 is 15.3 Å². The third kappa shape index (κ3) is 4.55. The van der Waals surface area contributed by atoms with E-state index in [0.29, 0.717) is 33.2 Å². The number of carbonyl (C=O) groups excluding carboxylic acids is 2. The number of rotatable bonds is 4. The molecule has 0 aliphatic carbocycles. The van der Waals surface area contributed by atoms with Crippen molar-refractivity contribution >= 4 is 40.9 Å². The molecule has 0 radical (unpaired) electrons. The van der Waals surface area contributed by atoms with E-state index in [1.807, 2.05) is 18.2 Å². The molecule has 3 aromatic rings. The van der Waals surface area contributed by atoms with Crippen LogP contribution in [0.3, 0.4) is 0 Å². The maximum Gasteiger partial charge on any atom is 0.407 e. The normalized spacial score (nSPS) is 13.7. The lowest BCUT2D eigenvalue weighted by molar-refractivity contribution is -0.120. The molecule has 1 aromatic heterocycles. The summed E-state index contributed by atoms with van der Waals surface area (Å²) in [5.74, 6) is -0.619. The van der Waals surface area contributed by atoms with Gasteiger partial charge in [-0.15, -0.1) is 0 Å². The number of pyridine rings is 1. The fourth-order valence-electron chi connectivity index (χ4n) is 3.43. The van der Waals surface area contributed by atoms with Crippen molar-refractivity contribution in [2.75, 3.05) is 29.9 Å². The number of amides is 3. The molecule has 1 saturated heterocycles. The molecule has 162 valence electrons. The first-order chi connectivity index (χ1) is 15.4. The molecule has 4 rings (SSSR count). The van der Waals surface area contributed by atoms with E-state index in [2.05, 4.69) is 10.3 Å². The minimum Gasteiger partial charge on any atom is -0.465 e. The van der Waals surface area contributed by atoms with Crippen LogP contribution in [0.15, 0.2) is 66.9 Å². The lowest BCUT2D eigenvalue weighted by atomic mass is 10.1. The number of halogens is 1. The van der Waals surface area contributed by atoms with Crippen LogP contribution in [0.4, 0.5) is 16.2 Å². The SMILES string of the molecule is O=C(Nc1ccc(Cl)c(-c2ccccn2)c1)c1ccc(N2CCN(C(=O)O)CC2=O)cc1. The summed E-state index contributed by atoms with van der Waals surface area (Å²) in [5.41, 5.74) is 3.01. The van der Waals surface area contributed by atoms with Gasteiger partial charge in [0.2, 0.25) is 5.91 Å². The van der Waals surface area contributed by atoms with Crippen LogP contribution in [0, 0.1) is 0 Å². The first-order valence-electron chi connectivity index (χ1n) is 9.83. The first-order valence-corrected chi connectivity index (χ1v) is 10.2. The second-order valence-electron chi connectivity index (χ2n) is 7.16. The van der Waals surface area contributed by atoms with Gasteiger partial charge in [-0.3, -0.25) is 19.5 Å². The third-order valence-corrected chi connectivity index (χ3v) is 5.43. The summed E-state index contributed by atoms with van der Waals surface area (Å²) in [5, 5.41) is 12.4. The topological polar surface area (TPSA) is 103 Å². The average molecular weight is 451 g/mol. The van der Waals surface area contributed by atoms with Crippen LogP contribution in [0.25, 0.3) is 11.3 Å². The van der Waals surface area contributed by atoms with Gasteiger partial charge in [0.15, 0.2) is 0 Å². The Morgan fingerprint density at radius 2 is 1.81 bits per heavy atom. The fourth-order valence-corrected chi connectivity index (χ4v) is 3.64. The molecule has 32 heavy (non-hydrogen) atoms. The summed E-state index contributed by atoms with van der Waals surface area (Å²) >= 11 is 6.29. The Morgan fingerprint density at radius 3 is 2.47 bits per heavy atom. The Balaban J connectivity index is 1.46. The summed E-state index contributed by atoms with van der Waals surface area (Å²) < 4.78 is 0. The predicted octanol–water partition coefficient (Wildman–Crippen LogP) is 3.98. The van der Waals surface area contributed by atoms with Gasteiger partial charge in [-0.1, -0.05) is 17.7 Å². The van der Waals surface area contributed by atoms with Crippen LogP contribution in [-0.4, -0.2) is 52.5 Å². The maximum atomic E-state index is 12.7. The van der Waals surface area contributed by atoms with Crippen molar-refractivity contribution in [1.82, 2.24) is 9.88 Å². The Labute approximate surface area is 189 Å². The summed E-state index contributed by atoms with van der Waals surface area (Å²) in [4.78, 5) is 42.9. The number of aromatic nitrogens is 1. The molecule has 1 fully saturated rings. The summed E-state index contributed by atoms with van der Waals surface area (Å²) in [6.07, 6.45) is 0.559. The zero-order valence-electron chi connectivity index (χ0n) is 16.9. The molecule has 0 bridgehead atoms. The number of nitrogens with one attached hydrogen (secondary N) is 1. The van der Waals surface area contributed by atoms with Gasteiger partial charge in [0, 0.05) is 41.8 Å². The van der Waals surface area contributed by atoms with Crippen molar-refractivity contribution in [3.05, 3.63) is 77.4 Å². The predicted molar refractivity (Wildman–Crippen MR) is 121 cm³/mol. The van der Waals surface area contributed by atoms with E-state index in [9.17, 15) is 14.4 Å². The molecule has 0 spiro atoms. The van der Waals surface area contributed by atoms with Crippen LogP contribution in [0.2, 0.25) is 5.02 Å². The molecule has 3 amide bonds. The quantitative estimate of drug-likeness (QED) is 0.625. The van der Waals surface area contributed by atoms with E-state index in [1.54, 1.807) is 48.7 Å². The minimum absolute atomic E-state index is 0.188. The summed E-state index contributed by atoms with van der Waals surface area (Å²) in [7, 11) is 0. The summed E-state index contributed by atoms with van der Waals surface area (Å²) in [6.45, 7) is 0.309. The second kappa shape index (κ2) is 9.07. The standard InChI is InChI=1S/C23H19ClN4O4/c24-19-9-6-16(13-18(19)20-3-1-2-10-25-20)26-22(30)15-4-7-17(8-5-15)28-12-11-27(23(31)32)14-21(28)29/h1-10,13H,11-12,14H2,(H,26,30)(H,31,32). The second-order valence-corrected chi connectivity index (χ2v) is 7.57. The lowest BCUT2D eigenvalue weighted by Gasteiger charge is -2.32. The van der Waals surface area contributed by atoms with E-state index in [1.165, 1.54) is 4.90 Å². The number of carboxylic acid groups (broad SMARTS) is 1. The van der Waals surface area contributed by atoms with Gasteiger partial charge >= 0.3 is 6.09 Å². The fraction of sp³-hybridized carbons (Fsp3) is 0.130. The van der Waals surface area contributed by atoms with Crippen molar-refractivity contribution < 1.29 is 19.5 Å². The van der Waals surface area contributed by atoms with Crippen LogP contribution >= 0.6 is 11.6 Å². The van der Waals surface area contributed by atoms with Gasteiger partial charge in [-0.2, -0.15) is 0 Å². The molecular weight excluding hydrogens is 432 g/mol. The highest BCUT2D eigenvalue weighted by Crippen LogP contribution is 2.29. The first kappa shape index (κ1) is 21.3. The molecule has 0 atom stereocenters. The van der Waals surface area contributed by atoms with Crippen LogP contribution in [0.1, 0.15) is 10.4 Å². The van der Waals surface area contributed by atoms with Crippen molar-refractivity contribution in [2.45, 2.75) is 0 Å². The molecule has 1 aliphatic heterocycles. The largest absolute Gasteiger partial charge is 0.465 e. The smallest absolute Gasteiger partial charge is 0.407 e. The highest BCUT2D eigenvalue weighted by molar-refractivity contribution is 6.33. The van der Waals surface area contributed by atoms with E-state index in [0.717, 1.165) is 4.90 Å². The molecule has 2 aromatic carbocycles. The Hall–Kier alpha value is -3.91. The maximum absolute atomic E-state index is 12.7. The number of hydrogen-bond donors (Lipinski definition) is 2. The van der Waals surface area contributed by atoms with E-state index < -0.39 is 6.09 Å².